The fourth-order valence-corrected chi connectivity index (χ4v) is 3.43. The maximum absolute atomic E-state index is 12.4. The van der Waals surface area contributed by atoms with E-state index in [2.05, 4.69) is 10.3 Å². The SMILES string of the molecule is Cc1c(Cl)ccc2sc(NC(=O)c3ccc4c(c3)OCO4)nc12. The van der Waals surface area contributed by atoms with Crippen molar-refractivity contribution in [3.05, 3.63) is 46.5 Å². The number of aromatic nitrogens is 1. The van der Waals surface area contributed by atoms with E-state index >= 15 is 0 Å². The summed E-state index contributed by atoms with van der Waals surface area (Å²) in [5, 5.41) is 4.01. The van der Waals surface area contributed by atoms with Gasteiger partial charge in [-0.05, 0) is 42.8 Å². The molecule has 0 unspecified atom stereocenters. The quantitative estimate of drug-likeness (QED) is 0.754. The van der Waals surface area contributed by atoms with Crippen molar-refractivity contribution in [2.45, 2.75) is 6.92 Å². The molecule has 0 aliphatic carbocycles. The number of nitrogens with zero attached hydrogens (tertiary/aromatic N) is 1. The molecule has 5 nitrogen and oxygen atoms in total. The molecule has 1 N–H and O–H groups in total. The van der Waals surface area contributed by atoms with Gasteiger partial charge in [-0.25, -0.2) is 4.98 Å². The molecule has 1 aliphatic heterocycles. The van der Waals surface area contributed by atoms with Gasteiger partial charge < -0.3 is 9.47 Å². The predicted octanol–water partition coefficient (Wildman–Crippen LogP) is 4.24. The molecular weight excluding hydrogens is 336 g/mol. The molecule has 23 heavy (non-hydrogen) atoms. The lowest BCUT2D eigenvalue weighted by Gasteiger charge is -2.02. The van der Waals surface area contributed by atoms with Gasteiger partial charge in [0.1, 0.15) is 0 Å². The third kappa shape index (κ3) is 2.50. The van der Waals surface area contributed by atoms with Crippen molar-refractivity contribution in [1.82, 2.24) is 4.98 Å². The molecule has 2 heterocycles. The van der Waals surface area contributed by atoms with Crippen LogP contribution in [-0.4, -0.2) is 17.7 Å². The summed E-state index contributed by atoms with van der Waals surface area (Å²) < 4.78 is 11.5. The van der Waals surface area contributed by atoms with Crippen molar-refractivity contribution in [2.75, 3.05) is 12.1 Å². The number of halogens is 1. The average molecular weight is 347 g/mol. The Labute approximate surface area is 140 Å². The van der Waals surface area contributed by atoms with Gasteiger partial charge in [0.25, 0.3) is 5.91 Å². The second-order valence-electron chi connectivity index (χ2n) is 5.06. The second kappa shape index (κ2) is 5.40. The third-order valence-electron chi connectivity index (χ3n) is 3.60. The number of hydrogen-bond donors (Lipinski definition) is 1. The summed E-state index contributed by atoms with van der Waals surface area (Å²) in [6.07, 6.45) is 0. The molecule has 1 aromatic heterocycles. The molecule has 2 aromatic carbocycles. The smallest absolute Gasteiger partial charge is 0.257 e. The zero-order chi connectivity index (χ0) is 16.0. The highest BCUT2D eigenvalue weighted by molar-refractivity contribution is 7.22. The van der Waals surface area contributed by atoms with Crippen molar-refractivity contribution in [2.24, 2.45) is 0 Å². The number of anilines is 1. The van der Waals surface area contributed by atoms with E-state index in [9.17, 15) is 4.79 Å². The van der Waals surface area contributed by atoms with E-state index < -0.39 is 0 Å². The lowest BCUT2D eigenvalue weighted by Crippen LogP contribution is -2.11. The highest BCUT2D eigenvalue weighted by Crippen LogP contribution is 2.34. The summed E-state index contributed by atoms with van der Waals surface area (Å²) in [4.78, 5) is 16.8. The van der Waals surface area contributed by atoms with E-state index in [1.54, 1.807) is 18.2 Å². The number of nitrogens with one attached hydrogen (secondary N) is 1. The molecule has 7 heteroatoms. The van der Waals surface area contributed by atoms with Gasteiger partial charge in [0, 0.05) is 10.6 Å². The van der Waals surface area contributed by atoms with Crippen LogP contribution in [0.1, 0.15) is 15.9 Å². The van der Waals surface area contributed by atoms with Crippen LogP contribution in [0.4, 0.5) is 5.13 Å². The lowest BCUT2D eigenvalue weighted by atomic mass is 10.2. The molecule has 1 aliphatic rings. The molecule has 116 valence electrons. The maximum Gasteiger partial charge on any atom is 0.257 e. The summed E-state index contributed by atoms with van der Waals surface area (Å²) in [6, 6.07) is 8.81. The second-order valence-corrected chi connectivity index (χ2v) is 6.50. The average Bonchev–Trinajstić information content (AvgIpc) is 3.16. The van der Waals surface area contributed by atoms with E-state index in [0.717, 1.165) is 15.8 Å². The van der Waals surface area contributed by atoms with E-state index in [4.69, 9.17) is 21.1 Å². The van der Waals surface area contributed by atoms with Crippen LogP contribution in [-0.2, 0) is 0 Å². The summed E-state index contributed by atoms with van der Waals surface area (Å²) >= 11 is 7.52. The number of thiazole rings is 1. The maximum atomic E-state index is 12.4. The first-order valence-electron chi connectivity index (χ1n) is 6.88. The number of amides is 1. The third-order valence-corrected chi connectivity index (χ3v) is 4.95. The van der Waals surface area contributed by atoms with E-state index in [1.165, 1.54) is 11.3 Å². The van der Waals surface area contributed by atoms with Crippen LogP contribution in [0.5, 0.6) is 11.5 Å². The number of carbonyl (C=O) groups is 1. The normalized spacial score (nSPS) is 12.6. The van der Waals surface area contributed by atoms with Crippen molar-refractivity contribution in [3.63, 3.8) is 0 Å². The molecule has 0 fully saturated rings. The van der Waals surface area contributed by atoms with Gasteiger partial charge in [-0.3, -0.25) is 10.1 Å². The summed E-state index contributed by atoms with van der Waals surface area (Å²) in [6.45, 7) is 2.09. The summed E-state index contributed by atoms with van der Waals surface area (Å²) in [7, 11) is 0. The van der Waals surface area contributed by atoms with Crippen molar-refractivity contribution < 1.29 is 14.3 Å². The number of hydrogen-bond acceptors (Lipinski definition) is 5. The van der Waals surface area contributed by atoms with Crippen LogP contribution in [0.3, 0.4) is 0 Å². The molecule has 3 aromatic rings. The Hall–Kier alpha value is -2.31. The number of ether oxygens (including phenoxy) is 2. The molecule has 0 radical (unpaired) electrons. The minimum Gasteiger partial charge on any atom is -0.454 e. The highest BCUT2D eigenvalue weighted by atomic mass is 35.5. The fourth-order valence-electron chi connectivity index (χ4n) is 2.36. The Morgan fingerprint density at radius 3 is 2.96 bits per heavy atom. The first kappa shape index (κ1) is 14.3. The van der Waals surface area contributed by atoms with Gasteiger partial charge in [0.05, 0.1) is 10.2 Å². The van der Waals surface area contributed by atoms with Gasteiger partial charge in [-0.1, -0.05) is 22.9 Å². The molecule has 1 amide bonds. The minimum atomic E-state index is -0.244. The number of aryl methyl sites for hydroxylation is 1. The van der Waals surface area contributed by atoms with Crippen molar-refractivity contribution >= 4 is 44.2 Å². The van der Waals surface area contributed by atoms with E-state index in [-0.39, 0.29) is 12.7 Å². The number of benzene rings is 2. The molecule has 0 atom stereocenters. The van der Waals surface area contributed by atoms with E-state index in [1.807, 2.05) is 19.1 Å². The molecule has 4 rings (SSSR count). The Morgan fingerprint density at radius 1 is 1.26 bits per heavy atom. The van der Waals surface area contributed by atoms with Crippen LogP contribution in [0, 0.1) is 6.92 Å². The van der Waals surface area contributed by atoms with Gasteiger partial charge in [0.2, 0.25) is 6.79 Å². The van der Waals surface area contributed by atoms with Crippen molar-refractivity contribution in [1.29, 1.82) is 0 Å². The molecule has 0 bridgehead atoms. The van der Waals surface area contributed by atoms with Gasteiger partial charge in [-0.15, -0.1) is 0 Å². The fraction of sp³-hybridized carbons (Fsp3) is 0.125. The number of carbonyl (C=O) groups excluding carboxylic acids is 1. The lowest BCUT2D eigenvalue weighted by molar-refractivity contribution is 0.102. The Morgan fingerprint density at radius 2 is 2.09 bits per heavy atom. The molecule has 0 spiro atoms. The van der Waals surface area contributed by atoms with Gasteiger partial charge >= 0.3 is 0 Å². The van der Waals surface area contributed by atoms with Crippen LogP contribution < -0.4 is 14.8 Å². The highest BCUT2D eigenvalue weighted by Gasteiger charge is 2.17. The molecule has 0 saturated heterocycles. The van der Waals surface area contributed by atoms with Gasteiger partial charge in [-0.2, -0.15) is 0 Å². The Bertz CT molecular complexity index is 938. The van der Waals surface area contributed by atoms with Crippen LogP contribution in [0.25, 0.3) is 10.2 Å². The molecular formula is C16H11ClN2O3S. The number of rotatable bonds is 2. The van der Waals surface area contributed by atoms with Crippen molar-refractivity contribution in [3.8, 4) is 11.5 Å². The zero-order valence-corrected chi connectivity index (χ0v) is 13.6. The monoisotopic (exact) mass is 346 g/mol. The van der Waals surface area contributed by atoms with Crippen LogP contribution in [0.15, 0.2) is 30.3 Å². The summed E-state index contributed by atoms with van der Waals surface area (Å²) in [5.74, 6) is 0.975. The van der Waals surface area contributed by atoms with E-state index in [0.29, 0.717) is 27.2 Å². The largest absolute Gasteiger partial charge is 0.454 e. The minimum absolute atomic E-state index is 0.179. The van der Waals surface area contributed by atoms with Crippen LogP contribution in [0.2, 0.25) is 5.02 Å². The number of fused-ring (bicyclic) bond motifs is 2. The zero-order valence-electron chi connectivity index (χ0n) is 12.1. The predicted molar refractivity (Wildman–Crippen MR) is 89.9 cm³/mol. The standard InChI is InChI=1S/C16H11ClN2O3S/c1-8-10(17)3-5-13-14(8)18-16(23-13)19-15(20)9-2-4-11-12(6-9)22-7-21-11/h2-6H,7H2,1H3,(H,18,19,20). The Balaban J connectivity index is 1.62. The summed E-state index contributed by atoms with van der Waals surface area (Å²) in [5.41, 5.74) is 2.20. The molecule has 0 saturated carbocycles. The van der Waals surface area contributed by atoms with Crippen LogP contribution >= 0.6 is 22.9 Å². The topological polar surface area (TPSA) is 60.5 Å². The first-order valence-corrected chi connectivity index (χ1v) is 8.08. The van der Waals surface area contributed by atoms with Gasteiger partial charge in [0.15, 0.2) is 16.6 Å². The Kier molecular flexibility index (Phi) is 3.36. The first-order chi connectivity index (χ1) is 11.1.